The van der Waals surface area contributed by atoms with Crippen molar-refractivity contribution in [3.05, 3.63) is 58.5 Å². The van der Waals surface area contributed by atoms with Crippen molar-refractivity contribution in [2.75, 3.05) is 12.4 Å². The number of hydrogen-bond donors (Lipinski definition) is 1. The number of thiophene rings is 1. The van der Waals surface area contributed by atoms with Crippen LogP contribution in [0.4, 0.5) is 5.69 Å². The van der Waals surface area contributed by atoms with Gasteiger partial charge in [-0.2, -0.15) is 0 Å². The molecule has 3 rings (SSSR count). The summed E-state index contributed by atoms with van der Waals surface area (Å²) in [5.74, 6) is 0.0120. The summed E-state index contributed by atoms with van der Waals surface area (Å²) in [5.41, 5.74) is 2.77. The van der Waals surface area contributed by atoms with Crippen molar-refractivity contribution in [2.45, 2.75) is 6.92 Å². The molecule has 0 fully saturated rings. The van der Waals surface area contributed by atoms with Gasteiger partial charge in [0.05, 0.1) is 18.5 Å². The van der Waals surface area contributed by atoms with E-state index < -0.39 is 0 Å². The van der Waals surface area contributed by atoms with Crippen LogP contribution < -0.4 is 10.1 Å². The molecule has 1 N–H and O–H groups in total. The van der Waals surface area contributed by atoms with E-state index in [9.17, 15) is 4.79 Å². The van der Waals surface area contributed by atoms with E-state index in [2.05, 4.69) is 15.3 Å². The number of aromatic nitrogens is 2. The van der Waals surface area contributed by atoms with Crippen LogP contribution in [0.3, 0.4) is 0 Å². The van der Waals surface area contributed by atoms with Gasteiger partial charge in [0.15, 0.2) is 0 Å². The van der Waals surface area contributed by atoms with Gasteiger partial charge in [-0.3, -0.25) is 9.78 Å². The molecule has 0 spiro atoms. The molecule has 0 atom stereocenters. The monoisotopic (exact) mass is 325 g/mol. The number of rotatable bonds is 4. The molecule has 0 saturated heterocycles. The molecule has 0 radical (unpaired) electrons. The third kappa shape index (κ3) is 3.22. The van der Waals surface area contributed by atoms with E-state index >= 15 is 0 Å². The maximum absolute atomic E-state index is 12.5. The summed E-state index contributed by atoms with van der Waals surface area (Å²) in [6.07, 6.45) is 3.29. The third-order valence-corrected chi connectivity index (χ3v) is 4.13. The number of anilines is 1. The Bertz CT molecular complexity index is 845. The van der Waals surface area contributed by atoms with Crippen LogP contribution in [0.25, 0.3) is 11.3 Å². The fourth-order valence-corrected chi connectivity index (χ4v) is 2.91. The molecule has 0 unspecified atom stereocenters. The van der Waals surface area contributed by atoms with Crippen LogP contribution in [-0.4, -0.2) is 23.0 Å². The van der Waals surface area contributed by atoms with Gasteiger partial charge in [-0.1, -0.05) is 0 Å². The quantitative estimate of drug-likeness (QED) is 0.793. The first-order valence-corrected chi connectivity index (χ1v) is 7.88. The second-order valence-electron chi connectivity index (χ2n) is 4.86. The van der Waals surface area contributed by atoms with Crippen molar-refractivity contribution in [3.8, 4) is 17.1 Å². The number of nitrogens with zero attached hydrogens (tertiary/aromatic N) is 2. The Labute approximate surface area is 138 Å². The van der Waals surface area contributed by atoms with Crippen LogP contribution in [0.1, 0.15) is 15.2 Å². The van der Waals surface area contributed by atoms with Gasteiger partial charge in [-0.25, -0.2) is 4.98 Å². The van der Waals surface area contributed by atoms with E-state index in [0.717, 1.165) is 11.3 Å². The number of aryl methyl sites for hydroxylation is 1. The Hall–Kier alpha value is -2.73. The molecule has 116 valence electrons. The second-order valence-corrected chi connectivity index (χ2v) is 5.98. The van der Waals surface area contributed by atoms with Gasteiger partial charge in [0.2, 0.25) is 5.88 Å². The van der Waals surface area contributed by atoms with Crippen molar-refractivity contribution >= 4 is 22.9 Å². The summed E-state index contributed by atoms with van der Waals surface area (Å²) in [6, 6.07) is 9.04. The largest absolute Gasteiger partial charge is 0.480 e. The number of carbonyl (C=O) groups excluding carboxylic acids is 1. The van der Waals surface area contributed by atoms with Gasteiger partial charge >= 0.3 is 0 Å². The van der Waals surface area contributed by atoms with E-state index in [1.165, 1.54) is 12.0 Å². The second kappa shape index (κ2) is 6.58. The first-order chi connectivity index (χ1) is 11.2. The van der Waals surface area contributed by atoms with Crippen LogP contribution in [0, 0.1) is 6.92 Å². The number of amides is 1. The molecule has 5 nitrogen and oxygen atoms in total. The van der Waals surface area contributed by atoms with Crippen LogP contribution in [0.2, 0.25) is 0 Å². The summed E-state index contributed by atoms with van der Waals surface area (Å²) < 4.78 is 5.14. The topological polar surface area (TPSA) is 64.1 Å². The number of carbonyl (C=O) groups is 1. The molecule has 0 aliphatic heterocycles. The lowest BCUT2D eigenvalue weighted by atomic mass is 10.1. The van der Waals surface area contributed by atoms with Crippen molar-refractivity contribution < 1.29 is 9.53 Å². The molecule has 0 saturated carbocycles. The summed E-state index contributed by atoms with van der Waals surface area (Å²) >= 11 is 1.65. The van der Waals surface area contributed by atoms with E-state index in [1.807, 2.05) is 24.4 Å². The molecule has 3 heterocycles. The summed E-state index contributed by atoms with van der Waals surface area (Å²) in [4.78, 5) is 22.2. The highest BCUT2D eigenvalue weighted by molar-refractivity contribution is 7.10. The van der Waals surface area contributed by atoms with Crippen molar-refractivity contribution in [3.63, 3.8) is 0 Å². The average Bonchev–Trinajstić information content (AvgIpc) is 3.01. The predicted molar refractivity (Wildman–Crippen MR) is 91.0 cm³/mol. The highest BCUT2D eigenvalue weighted by atomic mass is 32.1. The third-order valence-electron chi connectivity index (χ3n) is 3.27. The normalized spacial score (nSPS) is 10.3. The van der Waals surface area contributed by atoms with Crippen molar-refractivity contribution in [1.82, 2.24) is 9.97 Å². The van der Waals surface area contributed by atoms with Crippen LogP contribution in [0.5, 0.6) is 5.88 Å². The minimum atomic E-state index is -0.281. The minimum absolute atomic E-state index is 0.281. The Morgan fingerprint density at radius 1 is 1.22 bits per heavy atom. The van der Waals surface area contributed by atoms with E-state index in [0.29, 0.717) is 17.1 Å². The highest BCUT2D eigenvalue weighted by Crippen LogP contribution is 2.29. The molecular formula is C17H15N3O2S. The highest BCUT2D eigenvalue weighted by Gasteiger charge is 2.16. The molecule has 0 aromatic carbocycles. The Morgan fingerprint density at radius 3 is 2.74 bits per heavy atom. The molecule has 3 aromatic heterocycles. The Kier molecular flexibility index (Phi) is 4.34. The van der Waals surface area contributed by atoms with Crippen LogP contribution in [0.15, 0.2) is 48.1 Å². The van der Waals surface area contributed by atoms with Crippen molar-refractivity contribution in [2.24, 2.45) is 0 Å². The lowest BCUT2D eigenvalue weighted by molar-refractivity contribution is 0.102. The van der Waals surface area contributed by atoms with Crippen LogP contribution >= 0.6 is 11.3 Å². The molecule has 6 heteroatoms. The summed E-state index contributed by atoms with van der Waals surface area (Å²) in [7, 11) is 1.49. The molecule has 0 aliphatic carbocycles. The fourth-order valence-electron chi connectivity index (χ4n) is 2.22. The lowest BCUT2D eigenvalue weighted by Gasteiger charge is -2.10. The number of methoxy groups -OCH3 is 1. The van der Waals surface area contributed by atoms with Gasteiger partial charge in [-0.05, 0) is 37.3 Å². The summed E-state index contributed by atoms with van der Waals surface area (Å²) in [5, 5.41) is 4.92. The van der Waals surface area contributed by atoms with Gasteiger partial charge in [0, 0.05) is 28.2 Å². The SMILES string of the molecule is COc1ncccc1C(=O)Nc1cccnc1-c1csc(C)c1. The standard InChI is InChI=1S/C17H15N3O2S/c1-11-9-12(10-23-11)15-14(6-4-7-18-15)20-16(21)13-5-3-8-19-17(13)22-2/h3-10H,1-2H3,(H,20,21). The first-order valence-electron chi connectivity index (χ1n) is 7.00. The maximum atomic E-state index is 12.5. The molecule has 1 amide bonds. The van der Waals surface area contributed by atoms with Gasteiger partial charge < -0.3 is 10.1 Å². The number of hydrogen-bond acceptors (Lipinski definition) is 5. The van der Waals surface area contributed by atoms with Gasteiger partial charge in [0.25, 0.3) is 5.91 Å². The molecule has 0 aliphatic rings. The molecular weight excluding hydrogens is 310 g/mol. The van der Waals surface area contributed by atoms with E-state index in [-0.39, 0.29) is 5.91 Å². The maximum Gasteiger partial charge on any atom is 0.261 e. The lowest BCUT2D eigenvalue weighted by Crippen LogP contribution is -2.14. The zero-order chi connectivity index (χ0) is 16.2. The number of nitrogens with one attached hydrogen (secondary N) is 1. The number of ether oxygens (including phenoxy) is 1. The molecule has 0 bridgehead atoms. The smallest absolute Gasteiger partial charge is 0.261 e. The Balaban J connectivity index is 1.93. The van der Waals surface area contributed by atoms with Crippen LogP contribution in [-0.2, 0) is 0 Å². The Morgan fingerprint density at radius 2 is 2.00 bits per heavy atom. The zero-order valence-corrected chi connectivity index (χ0v) is 13.6. The molecule has 23 heavy (non-hydrogen) atoms. The first kappa shape index (κ1) is 15.2. The predicted octanol–water partition coefficient (Wildman–Crippen LogP) is 3.77. The summed E-state index contributed by atoms with van der Waals surface area (Å²) in [6.45, 7) is 2.04. The van der Waals surface area contributed by atoms with Crippen molar-refractivity contribution in [1.29, 1.82) is 0 Å². The average molecular weight is 325 g/mol. The zero-order valence-electron chi connectivity index (χ0n) is 12.7. The van der Waals surface area contributed by atoms with E-state index in [4.69, 9.17) is 4.74 Å². The molecule has 3 aromatic rings. The van der Waals surface area contributed by atoms with E-state index in [1.54, 1.807) is 41.9 Å². The minimum Gasteiger partial charge on any atom is -0.480 e. The van der Waals surface area contributed by atoms with Gasteiger partial charge in [-0.15, -0.1) is 11.3 Å². The number of pyridine rings is 2. The fraction of sp³-hybridized carbons (Fsp3) is 0.118. The van der Waals surface area contributed by atoms with Gasteiger partial charge in [0.1, 0.15) is 5.56 Å².